The van der Waals surface area contributed by atoms with Gasteiger partial charge in [-0.05, 0) is 35.9 Å². The van der Waals surface area contributed by atoms with Crippen molar-refractivity contribution in [2.45, 2.75) is 0 Å². The van der Waals surface area contributed by atoms with Gasteiger partial charge in [-0.15, -0.1) is 0 Å². The SMILES string of the molecule is O=Cc1oc2ccc(Cl)cc2c1-c1ccc(Cl)cc1. The maximum atomic E-state index is 11.2. The maximum absolute atomic E-state index is 11.2. The van der Waals surface area contributed by atoms with Gasteiger partial charge >= 0.3 is 0 Å². The molecule has 0 aliphatic heterocycles. The molecule has 1 heterocycles. The molecule has 4 heteroatoms. The first-order valence-electron chi connectivity index (χ1n) is 5.62. The summed E-state index contributed by atoms with van der Waals surface area (Å²) in [5.41, 5.74) is 2.24. The predicted octanol–water partition coefficient (Wildman–Crippen LogP) is 5.22. The van der Waals surface area contributed by atoms with Crippen LogP contribution in [0, 0.1) is 0 Å². The number of furan rings is 1. The minimum absolute atomic E-state index is 0.291. The molecule has 0 aliphatic rings. The molecule has 2 aromatic carbocycles. The third-order valence-corrected chi connectivity index (χ3v) is 3.40. The summed E-state index contributed by atoms with van der Waals surface area (Å²) in [6.07, 6.45) is 0.706. The monoisotopic (exact) mass is 290 g/mol. The molecule has 0 unspecified atom stereocenters. The molecule has 94 valence electrons. The molecule has 0 spiro atoms. The molecule has 3 rings (SSSR count). The van der Waals surface area contributed by atoms with Gasteiger partial charge < -0.3 is 4.42 Å². The lowest BCUT2D eigenvalue weighted by Gasteiger charge is -2.00. The largest absolute Gasteiger partial charge is 0.453 e. The van der Waals surface area contributed by atoms with Crippen molar-refractivity contribution in [1.82, 2.24) is 0 Å². The highest BCUT2D eigenvalue weighted by Crippen LogP contribution is 2.35. The molecule has 0 bridgehead atoms. The number of carbonyl (C=O) groups excluding carboxylic acids is 1. The Balaban J connectivity index is 2.34. The van der Waals surface area contributed by atoms with E-state index in [0.717, 1.165) is 16.5 Å². The van der Waals surface area contributed by atoms with Crippen LogP contribution in [0.3, 0.4) is 0 Å². The van der Waals surface area contributed by atoms with E-state index in [1.165, 1.54) is 0 Å². The van der Waals surface area contributed by atoms with Gasteiger partial charge in [0.05, 0.1) is 0 Å². The van der Waals surface area contributed by atoms with Crippen LogP contribution in [0.15, 0.2) is 46.9 Å². The summed E-state index contributed by atoms with van der Waals surface area (Å²) < 4.78 is 5.53. The summed E-state index contributed by atoms with van der Waals surface area (Å²) in [6, 6.07) is 12.5. The lowest BCUT2D eigenvalue weighted by atomic mass is 10.0. The fraction of sp³-hybridized carbons (Fsp3) is 0. The van der Waals surface area contributed by atoms with E-state index in [-0.39, 0.29) is 0 Å². The Morgan fingerprint density at radius 2 is 1.63 bits per heavy atom. The van der Waals surface area contributed by atoms with Gasteiger partial charge in [-0.25, -0.2) is 0 Å². The van der Waals surface area contributed by atoms with E-state index < -0.39 is 0 Å². The second kappa shape index (κ2) is 4.72. The van der Waals surface area contributed by atoms with E-state index in [1.54, 1.807) is 30.3 Å². The summed E-state index contributed by atoms with van der Waals surface area (Å²) >= 11 is 11.9. The van der Waals surface area contributed by atoms with Crippen LogP contribution in [0.25, 0.3) is 22.1 Å². The molecule has 0 amide bonds. The average Bonchev–Trinajstić information content (AvgIpc) is 2.77. The van der Waals surface area contributed by atoms with E-state index in [9.17, 15) is 4.79 Å². The van der Waals surface area contributed by atoms with Crippen molar-refractivity contribution in [1.29, 1.82) is 0 Å². The number of benzene rings is 2. The van der Waals surface area contributed by atoms with Crippen LogP contribution < -0.4 is 0 Å². The van der Waals surface area contributed by atoms with E-state index in [1.807, 2.05) is 12.1 Å². The zero-order chi connectivity index (χ0) is 13.4. The van der Waals surface area contributed by atoms with Crippen molar-refractivity contribution >= 4 is 40.5 Å². The topological polar surface area (TPSA) is 30.2 Å². The third-order valence-electron chi connectivity index (χ3n) is 2.92. The van der Waals surface area contributed by atoms with Crippen LogP contribution in [0.2, 0.25) is 10.0 Å². The van der Waals surface area contributed by atoms with Gasteiger partial charge in [-0.1, -0.05) is 35.3 Å². The standard InChI is InChI=1S/C15H8Cl2O2/c16-10-3-1-9(2-4-10)15-12-7-11(17)5-6-13(12)19-14(15)8-18/h1-8H. The normalized spacial score (nSPS) is 10.8. The Kier molecular flexibility index (Phi) is 3.05. The fourth-order valence-electron chi connectivity index (χ4n) is 2.09. The van der Waals surface area contributed by atoms with Gasteiger partial charge in [0, 0.05) is 21.0 Å². The Morgan fingerprint density at radius 3 is 2.32 bits per heavy atom. The zero-order valence-electron chi connectivity index (χ0n) is 9.69. The highest BCUT2D eigenvalue weighted by atomic mass is 35.5. The van der Waals surface area contributed by atoms with Crippen molar-refractivity contribution in [2.24, 2.45) is 0 Å². The highest BCUT2D eigenvalue weighted by Gasteiger charge is 2.15. The average molecular weight is 291 g/mol. The summed E-state index contributed by atoms with van der Waals surface area (Å²) in [5.74, 6) is 0.291. The van der Waals surface area contributed by atoms with Crippen LogP contribution in [-0.4, -0.2) is 6.29 Å². The van der Waals surface area contributed by atoms with E-state index in [4.69, 9.17) is 27.6 Å². The van der Waals surface area contributed by atoms with Gasteiger partial charge in [0.1, 0.15) is 5.58 Å². The van der Waals surface area contributed by atoms with Gasteiger partial charge in [0.25, 0.3) is 0 Å². The molecule has 1 aromatic heterocycles. The van der Waals surface area contributed by atoms with Gasteiger partial charge in [-0.3, -0.25) is 4.79 Å². The number of rotatable bonds is 2. The second-order valence-corrected chi connectivity index (χ2v) is 4.98. The van der Waals surface area contributed by atoms with E-state index >= 15 is 0 Å². The molecule has 0 N–H and O–H groups in total. The summed E-state index contributed by atoms with van der Waals surface area (Å²) in [5, 5.41) is 2.06. The Labute approximate surface area is 119 Å². The molecule has 3 aromatic rings. The minimum Gasteiger partial charge on any atom is -0.453 e. The number of hydrogen-bond acceptors (Lipinski definition) is 2. The zero-order valence-corrected chi connectivity index (χ0v) is 11.2. The molecule has 0 aliphatic carbocycles. The summed E-state index contributed by atoms with van der Waals surface area (Å²) in [6.45, 7) is 0. The van der Waals surface area contributed by atoms with Crippen molar-refractivity contribution < 1.29 is 9.21 Å². The molecule has 0 atom stereocenters. The third kappa shape index (κ3) is 2.14. The Hall–Kier alpha value is -1.77. The summed E-state index contributed by atoms with van der Waals surface area (Å²) in [4.78, 5) is 11.2. The van der Waals surface area contributed by atoms with Crippen LogP contribution in [-0.2, 0) is 0 Å². The second-order valence-electron chi connectivity index (χ2n) is 4.11. The number of aldehydes is 1. The molecule has 0 saturated carbocycles. The first-order valence-corrected chi connectivity index (χ1v) is 6.38. The minimum atomic E-state index is 0.291. The quantitative estimate of drug-likeness (QED) is 0.606. The maximum Gasteiger partial charge on any atom is 0.186 e. The number of halogens is 2. The molecule has 0 fully saturated rings. The van der Waals surface area contributed by atoms with Crippen LogP contribution in [0.1, 0.15) is 10.6 Å². The molecule has 2 nitrogen and oxygen atoms in total. The van der Waals surface area contributed by atoms with E-state index in [2.05, 4.69) is 0 Å². The van der Waals surface area contributed by atoms with Crippen molar-refractivity contribution in [3.63, 3.8) is 0 Å². The molecule has 0 saturated heterocycles. The van der Waals surface area contributed by atoms with Crippen molar-refractivity contribution in [3.8, 4) is 11.1 Å². The first kappa shape index (κ1) is 12.3. The number of carbonyl (C=O) groups is 1. The lowest BCUT2D eigenvalue weighted by molar-refractivity contribution is 0.110. The van der Waals surface area contributed by atoms with Crippen LogP contribution >= 0.6 is 23.2 Å². The van der Waals surface area contributed by atoms with E-state index in [0.29, 0.717) is 27.7 Å². The Morgan fingerprint density at radius 1 is 0.947 bits per heavy atom. The predicted molar refractivity (Wildman–Crippen MR) is 77.1 cm³/mol. The molecule has 0 radical (unpaired) electrons. The fourth-order valence-corrected chi connectivity index (χ4v) is 2.38. The lowest BCUT2D eigenvalue weighted by Crippen LogP contribution is -1.82. The van der Waals surface area contributed by atoms with Crippen molar-refractivity contribution in [3.05, 3.63) is 58.3 Å². The smallest absolute Gasteiger partial charge is 0.186 e. The van der Waals surface area contributed by atoms with Crippen LogP contribution in [0.5, 0.6) is 0 Å². The van der Waals surface area contributed by atoms with Crippen molar-refractivity contribution in [2.75, 3.05) is 0 Å². The highest BCUT2D eigenvalue weighted by molar-refractivity contribution is 6.31. The first-order chi connectivity index (χ1) is 9.19. The molecular weight excluding hydrogens is 283 g/mol. The number of hydrogen-bond donors (Lipinski definition) is 0. The van der Waals surface area contributed by atoms with Gasteiger partial charge in [0.2, 0.25) is 0 Å². The van der Waals surface area contributed by atoms with Crippen LogP contribution in [0.4, 0.5) is 0 Å². The molecular formula is C15H8Cl2O2. The van der Waals surface area contributed by atoms with Gasteiger partial charge in [-0.2, -0.15) is 0 Å². The molecule has 19 heavy (non-hydrogen) atoms. The Bertz CT molecular complexity index is 758. The van der Waals surface area contributed by atoms with Gasteiger partial charge in [0.15, 0.2) is 12.0 Å². The summed E-state index contributed by atoms with van der Waals surface area (Å²) in [7, 11) is 0. The number of fused-ring (bicyclic) bond motifs is 1.